The maximum Gasteiger partial charge on any atom is 0.107 e. The summed E-state index contributed by atoms with van der Waals surface area (Å²) in [5, 5.41) is 3.36. The molecule has 0 amide bonds. The number of nitrogens with zero attached hydrogens (tertiary/aromatic N) is 3. The van der Waals surface area contributed by atoms with Gasteiger partial charge in [0.1, 0.15) is 5.01 Å². The van der Waals surface area contributed by atoms with Crippen molar-refractivity contribution in [2.45, 2.75) is 45.3 Å². The van der Waals surface area contributed by atoms with E-state index in [2.05, 4.69) is 34.0 Å². The van der Waals surface area contributed by atoms with Crippen LogP contribution >= 0.6 is 11.3 Å². The number of hydrogen-bond acceptors (Lipinski definition) is 4. The lowest BCUT2D eigenvalue weighted by Crippen LogP contribution is -2.57. The topological polar surface area (TPSA) is 19.4 Å². The first kappa shape index (κ1) is 12.6. The summed E-state index contributed by atoms with van der Waals surface area (Å²) >= 11 is 1.79. The van der Waals surface area contributed by atoms with Crippen LogP contribution in [0.15, 0.2) is 11.6 Å². The third-order valence-corrected chi connectivity index (χ3v) is 5.19. The van der Waals surface area contributed by atoms with Crippen LogP contribution in [-0.2, 0) is 6.54 Å². The maximum atomic E-state index is 4.45. The summed E-state index contributed by atoms with van der Waals surface area (Å²) in [7, 11) is 0. The minimum Gasteiger partial charge on any atom is -0.298 e. The number of fused-ring (bicyclic) bond motifs is 1. The van der Waals surface area contributed by atoms with Crippen LogP contribution in [0.25, 0.3) is 0 Å². The van der Waals surface area contributed by atoms with Crippen molar-refractivity contribution in [1.29, 1.82) is 0 Å². The second-order valence-corrected chi connectivity index (χ2v) is 6.94. The van der Waals surface area contributed by atoms with E-state index in [1.54, 1.807) is 11.3 Å². The second-order valence-electron chi connectivity index (χ2n) is 5.96. The zero-order valence-electron chi connectivity index (χ0n) is 11.4. The Morgan fingerprint density at radius 2 is 2.33 bits per heavy atom. The van der Waals surface area contributed by atoms with E-state index >= 15 is 0 Å². The van der Waals surface area contributed by atoms with Crippen molar-refractivity contribution in [2.24, 2.45) is 5.92 Å². The molecule has 2 aliphatic rings. The van der Waals surface area contributed by atoms with Gasteiger partial charge in [-0.05, 0) is 25.3 Å². The van der Waals surface area contributed by atoms with Crippen molar-refractivity contribution < 1.29 is 0 Å². The van der Waals surface area contributed by atoms with Gasteiger partial charge < -0.3 is 0 Å². The molecule has 0 N–H and O–H groups in total. The monoisotopic (exact) mass is 265 g/mol. The van der Waals surface area contributed by atoms with Gasteiger partial charge in [0, 0.05) is 36.8 Å². The summed E-state index contributed by atoms with van der Waals surface area (Å²) in [4.78, 5) is 9.84. The fraction of sp³-hybridized carbons (Fsp3) is 0.786. The second kappa shape index (κ2) is 5.27. The first-order valence-electron chi connectivity index (χ1n) is 7.10. The highest BCUT2D eigenvalue weighted by Crippen LogP contribution is 2.28. The minimum absolute atomic E-state index is 0.697. The first-order valence-corrected chi connectivity index (χ1v) is 7.98. The van der Waals surface area contributed by atoms with Gasteiger partial charge in [0.05, 0.1) is 6.54 Å². The van der Waals surface area contributed by atoms with E-state index in [0.717, 1.165) is 18.5 Å². The van der Waals surface area contributed by atoms with Gasteiger partial charge in [-0.2, -0.15) is 0 Å². The van der Waals surface area contributed by atoms with Crippen LogP contribution < -0.4 is 0 Å². The third kappa shape index (κ3) is 2.46. The van der Waals surface area contributed by atoms with Crippen LogP contribution in [0.2, 0.25) is 0 Å². The Bertz CT molecular complexity index is 376. The van der Waals surface area contributed by atoms with Crippen LogP contribution in [0.4, 0.5) is 0 Å². The first-order chi connectivity index (χ1) is 8.74. The minimum atomic E-state index is 0.697. The Morgan fingerprint density at radius 3 is 3.06 bits per heavy atom. The van der Waals surface area contributed by atoms with Gasteiger partial charge in [-0.25, -0.2) is 4.98 Å². The lowest BCUT2D eigenvalue weighted by atomic mass is 9.97. The Hall–Kier alpha value is -0.450. The fourth-order valence-electron chi connectivity index (χ4n) is 3.42. The molecule has 0 saturated carbocycles. The van der Waals surface area contributed by atoms with E-state index in [4.69, 9.17) is 0 Å². The summed E-state index contributed by atoms with van der Waals surface area (Å²) in [6, 6.07) is 1.50. The molecule has 100 valence electrons. The molecule has 0 aliphatic carbocycles. The molecule has 1 aromatic heterocycles. The Kier molecular flexibility index (Phi) is 3.68. The summed E-state index contributed by atoms with van der Waals surface area (Å²) in [6.45, 7) is 9.58. The number of thiazole rings is 1. The van der Waals surface area contributed by atoms with Crippen LogP contribution in [0.1, 0.15) is 31.7 Å². The number of piperazine rings is 1. The molecule has 0 spiro atoms. The van der Waals surface area contributed by atoms with E-state index in [1.807, 2.05) is 6.20 Å². The lowest BCUT2D eigenvalue weighted by Gasteiger charge is -2.45. The summed E-state index contributed by atoms with van der Waals surface area (Å²) in [6.07, 6.45) is 4.70. The Morgan fingerprint density at radius 1 is 1.44 bits per heavy atom. The molecule has 3 heterocycles. The largest absolute Gasteiger partial charge is 0.298 e. The molecule has 2 aliphatic heterocycles. The van der Waals surface area contributed by atoms with E-state index in [9.17, 15) is 0 Å². The molecule has 0 radical (unpaired) electrons. The van der Waals surface area contributed by atoms with Crippen LogP contribution in [-0.4, -0.2) is 46.5 Å². The molecule has 3 rings (SSSR count). The fourth-order valence-corrected chi connectivity index (χ4v) is 4.06. The molecule has 1 aromatic rings. The molecule has 2 fully saturated rings. The molecule has 2 unspecified atom stereocenters. The molecule has 2 atom stereocenters. The Labute approximate surface area is 114 Å². The van der Waals surface area contributed by atoms with Crippen molar-refractivity contribution in [3.63, 3.8) is 0 Å². The number of aromatic nitrogens is 1. The number of rotatable bonds is 3. The zero-order chi connectivity index (χ0) is 12.5. The van der Waals surface area contributed by atoms with Gasteiger partial charge in [-0.15, -0.1) is 11.3 Å². The predicted octanol–water partition coefficient (Wildman–Crippen LogP) is 2.45. The van der Waals surface area contributed by atoms with Gasteiger partial charge >= 0.3 is 0 Å². The smallest absolute Gasteiger partial charge is 0.107 e. The van der Waals surface area contributed by atoms with Crippen molar-refractivity contribution in [2.75, 3.05) is 19.6 Å². The van der Waals surface area contributed by atoms with Gasteiger partial charge in [-0.1, -0.05) is 13.8 Å². The molecule has 0 aromatic carbocycles. The van der Waals surface area contributed by atoms with Gasteiger partial charge in [0.25, 0.3) is 0 Å². The van der Waals surface area contributed by atoms with Crippen molar-refractivity contribution in [3.8, 4) is 0 Å². The van der Waals surface area contributed by atoms with Crippen LogP contribution in [0.5, 0.6) is 0 Å². The predicted molar refractivity (Wildman–Crippen MR) is 75.7 cm³/mol. The normalized spacial score (nSPS) is 29.9. The molecule has 4 heteroatoms. The molecule has 2 saturated heterocycles. The van der Waals surface area contributed by atoms with E-state index in [0.29, 0.717) is 6.04 Å². The highest BCUT2D eigenvalue weighted by atomic mass is 32.1. The average molecular weight is 265 g/mol. The van der Waals surface area contributed by atoms with E-state index in [-0.39, 0.29) is 0 Å². The van der Waals surface area contributed by atoms with E-state index in [1.165, 1.54) is 37.5 Å². The number of hydrogen-bond donors (Lipinski definition) is 0. The summed E-state index contributed by atoms with van der Waals surface area (Å²) < 4.78 is 0. The average Bonchev–Trinajstić information content (AvgIpc) is 2.97. The SMILES string of the molecule is CC(C)C1CN2CCCC2CN1Cc1nccs1. The summed E-state index contributed by atoms with van der Waals surface area (Å²) in [5.41, 5.74) is 0. The Balaban J connectivity index is 1.72. The van der Waals surface area contributed by atoms with Crippen LogP contribution in [0.3, 0.4) is 0 Å². The highest BCUT2D eigenvalue weighted by molar-refractivity contribution is 7.09. The van der Waals surface area contributed by atoms with Gasteiger partial charge in [0.2, 0.25) is 0 Å². The van der Waals surface area contributed by atoms with Crippen molar-refractivity contribution in [3.05, 3.63) is 16.6 Å². The zero-order valence-corrected chi connectivity index (χ0v) is 12.2. The van der Waals surface area contributed by atoms with Gasteiger partial charge in [-0.3, -0.25) is 9.80 Å². The van der Waals surface area contributed by atoms with Crippen molar-refractivity contribution in [1.82, 2.24) is 14.8 Å². The highest BCUT2D eigenvalue weighted by Gasteiger charge is 2.37. The van der Waals surface area contributed by atoms with Crippen molar-refractivity contribution >= 4 is 11.3 Å². The standard InChI is InChI=1S/C14H23N3S/c1-11(2)13-9-16-6-3-4-12(16)8-17(13)10-14-15-5-7-18-14/h5,7,11-13H,3-4,6,8-10H2,1-2H3. The third-order valence-electron chi connectivity index (χ3n) is 4.43. The lowest BCUT2D eigenvalue weighted by molar-refractivity contribution is 0.0239. The maximum absolute atomic E-state index is 4.45. The van der Waals surface area contributed by atoms with E-state index < -0.39 is 0 Å². The molecule has 18 heavy (non-hydrogen) atoms. The molecule has 3 nitrogen and oxygen atoms in total. The molecular weight excluding hydrogens is 242 g/mol. The van der Waals surface area contributed by atoms with Gasteiger partial charge in [0.15, 0.2) is 0 Å². The summed E-state index contributed by atoms with van der Waals surface area (Å²) in [5.74, 6) is 0.728. The molecule has 0 bridgehead atoms. The molecular formula is C14H23N3S. The quantitative estimate of drug-likeness (QED) is 0.837. The van der Waals surface area contributed by atoms with Crippen LogP contribution in [0, 0.1) is 5.92 Å².